The quantitative estimate of drug-likeness (QED) is 0.791. The smallest absolute Gasteiger partial charge is 0.433 e. The summed E-state index contributed by atoms with van der Waals surface area (Å²) in [4.78, 5) is 2.30. The van der Waals surface area contributed by atoms with Crippen molar-refractivity contribution in [1.29, 1.82) is 0 Å². The van der Waals surface area contributed by atoms with Crippen molar-refractivity contribution in [2.24, 2.45) is 0 Å². The van der Waals surface area contributed by atoms with Crippen LogP contribution in [0.4, 0.5) is 8.78 Å². The predicted octanol–water partition coefficient (Wildman–Crippen LogP) is 3.51. The van der Waals surface area contributed by atoms with Crippen LogP contribution in [0.3, 0.4) is 0 Å². The first-order valence-electron chi connectivity index (χ1n) is 7.82. The van der Waals surface area contributed by atoms with Gasteiger partial charge >= 0.3 is 6.11 Å². The molecular formula is C18H19F2NO2. The fraction of sp³-hybridized carbons (Fsp3) is 0.444. The molecule has 122 valence electrons. The van der Waals surface area contributed by atoms with E-state index in [-0.39, 0.29) is 17.2 Å². The largest absolute Gasteiger partial charge is 0.479 e. The predicted molar refractivity (Wildman–Crippen MR) is 83.1 cm³/mol. The third kappa shape index (κ3) is 2.26. The van der Waals surface area contributed by atoms with Gasteiger partial charge in [-0.05, 0) is 44.6 Å². The van der Waals surface area contributed by atoms with Crippen LogP contribution in [0.15, 0.2) is 42.0 Å². The van der Waals surface area contributed by atoms with E-state index >= 15 is 0 Å². The van der Waals surface area contributed by atoms with Crippen molar-refractivity contribution in [3.63, 3.8) is 0 Å². The number of ether oxygens (including phenoxy) is 2. The first-order chi connectivity index (χ1) is 10.9. The first kappa shape index (κ1) is 14.7. The van der Waals surface area contributed by atoms with Gasteiger partial charge < -0.3 is 9.47 Å². The Labute approximate surface area is 134 Å². The molecule has 3 nitrogen and oxygen atoms in total. The second-order valence-electron chi connectivity index (χ2n) is 6.65. The molecule has 1 aromatic carbocycles. The number of likely N-dealkylation sites (tertiary alicyclic amines) is 1. The highest BCUT2D eigenvalue weighted by molar-refractivity contribution is 5.51. The van der Waals surface area contributed by atoms with Crippen molar-refractivity contribution in [3.8, 4) is 11.5 Å². The topological polar surface area (TPSA) is 21.7 Å². The van der Waals surface area contributed by atoms with Gasteiger partial charge in [-0.1, -0.05) is 29.9 Å². The molecule has 5 heteroatoms. The lowest BCUT2D eigenvalue weighted by atomic mass is 9.71. The lowest BCUT2D eigenvalue weighted by Gasteiger charge is -2.37. The van der Waals surface area contributed by atoms with E-state index < -0.39 is 12.7 Å². The Balaban J connectivity index is 1.78. The number of allylic oxidation sites excluding steroid dienone is 2. The van der Waals surface area contributed by atoms with Gasteiger partial charge in [0.15, 0.2) is 18.1 Å². The van der Waals surface area contributed by atoms with E-state index in [2.05, 4.69) is 37.1 Å². The molecule has 0 spiro atoms. The van der Waals surface area contributed by atoms with Gasteiger partial charge in [-0.3, -0.25) is 4.90 Å². The standard InChI is InChI=1S/C18H19F2NO2/c1-12-5-6-17(7-8-21(2)16(17)9-12)13-3-4-14-15(10-13)23-18(19,20)11-22-14/h3-6,9-10,16H,7-8,11H2,1-2H3/t16-,17-/m0/s1. The number of rotatable bonds is 1. The van der Waals surface area contributed by atoms with Gasteiger partial charge in [0.2, 0.25) is 0 Å². The number of likely N-dealkylation sites (N-methyl/N-ethyl adjacent to an activating group) is 1. The molecule has 0 amide bonds. The average Bonchev–Trinajstić information content (AvgIpc) is 2.84. The Morgan fingerprint density at radius 2 is 2.09 bits per heavy atom. The maximum atomic E-state index is 13.5. The third-order valence-corrected chi connectivity index (χ3v) is 5.08. The maximum Gasteiger partial charge on any atom is 0.433 e. The molecule has 1 aliphatic carbocycles. The van der Waals surface area contributed by atoms with Crippen molar-refractivity contribution in [2.75, 3.05) is 20.2 Å². The van der Waals surface area contributed by atoms with Gasteiger partial charge in [0.25, 0.3) is 0 Å². The molecule has 0 N–H and O–H groups in total. The zero-order chi connectivity index (χ0) is 16.2. The molecule has 3 aliphatic rings. The lowest BCUT2D eigenvalue weighted by molar-refractivity contribution is -0.208. The van der Waals surface area contributed by atoms with Crippen LogP contribution < -0.4 is 9.47 Å². The van der Waals surface area contributed by atoms with Crippen molar-refractivity contribution < 1.29 is 18.3 Å². The molecule has 2 heterocycles. The number of alkyl halides is 2. The van der Waals surface area contributed by atoms with Gasteiger partial charge in [-0.2, -0.15) is 8.78 Å². The van der Waals surface area contributed by atoms with E-state index in [9.17, 15) is 8.78 Å². The van der Waals surface area contributed by atoms with E-state index in [1.807, 2.05) is 6.07 Å². The van der Waals surface area contributed by atoms with Crippen molar-refractivity contribution in [3.05, 3.63) is 47.6 Å². The van der Waals surface area contributed by atoms with Gasteiger partial charge in [-0.15, -0.1) is 0 Å². The SMILES string of the molecule is CC1=C[C@@H]2N(C)CC[C@]2(c2ccc3c(c2)OC(F)(F)CO3)C=C1. The van der Waals surface area contributed by atoms with E-state index in [0.29, 0.717) is 5.75 Å². The number of nitrogens with zero attached hydrogens (tertiary/aromatic N) is 1. The Morgan fingerprint density at radius 1 is 1.26 bits per heavy atom. The van der Waals surface area contributed by atoms with Gasteiger partial charge in [0.05, 0.1) is 0 Å². The summed E-state index contributed by atoms with van der Waals surface area (Å²) in [6, 6.07) is 5.66. The molecule has 23 heavy (non-hydrogen) atoms. The summed E-state index contributed by atoms with van der Waals surface area (Å²) in [7, 11) is 2.10. The first-order valence-corrected chi connectivity index (χ1v) is 7.82. The molecule has 2 aliphatic heterocycles. The Hall–Kier alpha value is -1.88. The molecule has 0 radical (unpaired) electrons. The minimum absolute atomic E-state index is 0.126. The number of hydrogen-bond donors (Lipinski definition) is 0. The number of fused-ring (bicyclic) bond motifs is 2. The molecule has 0 aromatic heterocycles. The number of halogens is 2. The van der Waals surface area contributed by atoms with Crippen LogP contribution in [0, 0.1) is 0 Å². The Morgan fingerprint density at radius 3 is 2.91 bits per heavy atom. The summed E-state index contributed by atoms with van der Waals surface area (Å²) in [6.45, 7) is 2.30. The fourth-order valence-corrected chi connectivity index (χ4v) is 3.84. The monoisotopic (exact) mass is 319 g/mol. The van der Waals surface area contributed by atoms with Crippen molar-refractivity contribution >= 4 is 0 Å². The summed E-state index contributed by atoms with van der Waals surface area (Å²) < 4.78 is 36.9. The zero-order valence-corrected chi connectivity index (χ0v) is 13.2. The Kier molecular flexibility index (Phi) is 3.07. The molecule has 4 rings (SSSR count). The molecular weight excluding hydrogens is 300 g/mol. The van der Waals surface area contributed by atoms with Gasteiger partial charge in [-0.25, -0.2) is 0 Å². The summed E-state index contributed by atoms with van der Waals surface area (Å²) in [5, 5.41) is 0. The van der Waals surface area contributed by atoms with E-state index in [1.54, 1.807) is 12.1 Å². The second-order valence-corrected chi connectivity index (χ2v) is 6.65. The molecule has 0 bridgehead atoms. The average molecular weight is 319 g/mol. The van der Waals surface area contributed by atoms with E-state index in [0.717, 1.165) is 18.5 Å². The van der Waals surface area contributed by atoms with Crippen LogP contribution in [0.25, 0.3) is 0 Å². The molecule has 0 unspecified atom stereocenters. The second kappa shape index (κ2) is 4.81. The van der Waals surface area contributed by atoms with Crippen LogP contribution in [0.1, 0.15) is 18.9 Å². The number of hydrogen-bond acceptors (Lipinski definition) is 3. The summed E-state index contributed by atoms with van der Waals surface area (Å²) in [5.41, 5.74) is 2.02. The molecule has 1 aromatic rings. The zero-order valence-electron chi connectivity index (χ0n) is 13.2. The summed E-state index contributed by atoms with van der Waals surface area (Å²) >= 11 is 0. The minimum Gasteiger partial charge on any atom is -0.479 e. The summed E-state index contributed by atoms with van der Waals surface area (Å²) in [5.74, 6) is 0.506. The number of benzene rings is 1. The minimum atomic E-state index is -3.27. The van der Waals surface area contributed by atoms with Gasteiger partial charge in [0.1, 0.15) is 0 Å². The molecule has 1 saturated heterocycles. The normalized spacial score (nSPS) is 31.7. The van der Waals surface area contributed by atoms with Crippen molar-refractivity contribution in [1.82, 2.24) is 4.90 Å². The van der Waals surface area contributed by atoms with Crippen LogP contribution in [0.5, 0.6) is 11.5 Å². The van der Waals surface area contributed by atoms with E-state index in [1.165, 1.54) is 5.57 Å². The highest BCUT2D eigenvalue weighted by atomic mass is 19.3. The summed E-state index contributed by atoms with van der Waals surface area (Å²) in [6.07, 6.45) is 4.25. The third-order valence-electron chi connectivity index (χ3n) is 5.08. The molecule has 0 saturated carbocycles. The van der Waals surface area contributed by atoms with Crippen LogP contribution >= 0.6 is 0 Å². The van der Waals surface area contributed by atoms with Crippen molar-refractivity contribution in [2.45, 2.75) is 30.9 Å². The molecule has 2 atom stereocenters. The van der Waals surface area contributed by atoms with E-state index in [4.69, 9.17) is 9.47 Å². The van der Waals surface area contributed by atoms with Crippen LogP contribution in [0.2, 0.25) is 0 Å². The van der Waals surface area contributed by atoms with Gasteiger partial charge in [0, 0.05) is 11.5 Å². The highest BCUT2D eigenvalue weighted by Crippen LogP contribution is 2.47. The highest BCUT2D eigenvalue weighted by Gasteiger charge is 2.46. The van der Waals surface area contributed by atoms with Crippen LogP contribution in [-0.4, -0.2) is 37.2 Å². The Bertz CT molecular complexity index is 713. The molecule has 1 fully saturated rings. The fourth-order valence-electron chi connectivity index (χ4n) is 3.84. The lowest BCUT2D eigenvalue weighted by Crippen LogP contribution is -2.40. The maximum absolute atomic E-state index is 13.5. The van der Waals surface area contributed by atoms with Crippen LogP contribution in [-0.2, 0) is 5.41 Å².